The van der Waals surface area contributed by atoms with Gasteiger partial charge in [0.15, 0.2) is 6.10 Å². The minimum atomic E-state index is -0.760. The lowest BCUT2D eigenvalue weighted by atomic mass is 10.0. The van der Waals surface area contributed by atoms with Gasteiger partial charge in [-0.05, 0) is 31.1 Å². The third kappa shape index (κ3) is 41.6. The van der Waals surface area contributed by atoms with E-state index in [1.54, 1.807) is 0 Å². The van der Waals surface area contributed by atoms with Gasteiger partial charge in [0.1, 0.15) is 13.2 Å². The van der Waals surface area contributed by atoms with Gasteiger partial charge in [-0.25, -0.2) is 0 Å². The van der Waals surface area contributed by atoms with Gasteiger partial charge in [-0.1, -0.05) is 221 Å². The number of hydrogen-bond acceptors (Lipinski definition) is 6. The first-order valence-electron chi connectivity index (χ1n) is 23.7. The van der Waals surface area contributed by atoms with Crippen LogP contribution in [0, 0.1) is 11.8 Å². The van der Waals surface area contributed by atoms with Gasteiger partial charge in [-0.2, -0.15) is 0 Å². The quantitative estimate of drug-likeness (QED) is 0.0350. The van der Waals surface area contributed by atoms with Crippen molar-refractivity contribution in [2.24, 2.45) is 11.8 Å². The van der Waals surface area contributed by atoms with Crippen LogP contribution in [0.1, 0.15) is 259 Å². The second-order valence-corrected chi connectivity index (χ2v) is 17.3. The predicted molar refractivity (Wildman–Crippen MR) is 229 cm³/mol. The monoisotopic (exact) mass is 765 g/mol. The molecule has 0 aliphatic heterocycles. The molecule has 0 saturated heterocycles. The maximum absolute atomic E-state index is 12.7. The molecule has 0 aliphatic rings. The van der Waals surface area contributed by atoms with Gasteiger partial charge in [0.25, 0.3) is 0 Å². The van der Waals surface area contributed by atoms with Crippen molar-refractivity contribution in [3.8, 4) is 0 Å². The zero-order chi connectivity index (χ0) is 39.7. The number of unbranched alkanes of at least 4 members (excludes halogenated alkanes) is 27. The Bertz CT molecular complexity index is 824. The van der Waals surface area contributed by atoms with Gasteiger partial charge in [-0.3, -0.25) is 14.4 Å². The number of rotatable bonds is 42. The van der Waals surface area contributed by atoms with Crippen LogP contribution in [-0.2, 0) is 28.6 Å². The molecule has 6 heteroatoms. The second-order valence-electron chi connectivity index (χ2n) is 17.3. The molecule has 320 valence electrons. The lowest BCUT2D eigenvalue weighted by Gasteiger charge is -2.18. The highest BCUT2D eigenvalue weighted by Crippen LogP contribution is 2.17. The molecule has 0 unspecified atom stereocenters. The minimum absolute atomic E-state index is 0.0648. The van der Waals surface area contributed by atoms with Gasteiger partial charge in [0, 0.05) is 19.3 Å². The SMILES string of the molecule is CCCCCCCCCCCC(=O)OC[C@@H](COC(=O)CCCCCCCCCCCCCCCC(C)C)OC(=O)CCCCCCCCCCC(C)C. The molecule has 0 N–H and O–H groups in total. The Balaban J connectivity index is 4.27. The summed E-state index contributed by atoms with van der Waals surface area (Å²) in [5.41, 5.74) is 0. The van der Waals surface area contributed by atoms with Crippen molar-refractivity contribution in [1.29, 1.82) is 0 Å². The predicted octanol–water partition coefficient (Wildman–Crippen LogP) is 15.0. The van der Waals surface area contributed by atoms with Crippen LogP contribution in [-0.4, -0.2) is 37.2 Å². The molecule has 0 aliphatic carbocycles. The first-order valence-corrected chi connectivity index (χ1v) is 23.7. The van der Waals surface area contributed by atoms with Crippen LogP contribution in [0.3, 0.4) is 0 Å². The maximum Gasteiger partial charge on any atom is 0.306 e. The van der Waals surface area contributed by atoms with Crippen molar-refractivity contribution in [2.75, 3.05) is 13.2 Å². The van der Waals surface area contributed by atoms with Crippen LogP contribution < -0.4 is 0 Å². The summed E-state index contributed by atoms with van der Waals surface area (Å²) in [5.74, 6) is 0.775. The summed E-state index contributed by atoms with van der Waals surface area (Å²) < 4.78 is 16.7. The first-order chi connectivity index (χ1) is 26.2. The van der Waals surface area contributed by atoms with Gasteiger partial charge >= 0.3 is 17.9 Å². The second kappa shape index (κ2) is 41.1. The fraction of sp³-hybridized carbons (Fsp3) is 0.938. The van der Waals surface area contributed by atoms with E-state index in [4.69, 9.17) is 14.2 Å². The summed E-state index contributed by atoms with van der Waals surface area (Å²) in [6.45, 7) is 11.3. The Morgan fingerprint density at radius 1 is 0.352 bits per heavy atom. The molecule has 0 aromatic heterocycles. The van der Waals surface area contributed by atoms with E-state index in [2.05, 4.69) is 34.6 Å². The first kappa shape index (κ1) is 52.4. The Labute approximate surface area is 336 Å². The molecular weight excluding hydrogens is 673 g/mol. The van der Waals surface area contributed by atoms with Crippen LogP contribution in [0.4, 0.5) is 0 Å². The minimum Gasteiger partial charge on any atom is -0.462 e. The lowest BCUT2D eigenvalue weighted by Crippen LogP contribution is -2.30. The smallest absolute Gasteiger partial charge is 0.306 e. The van der Waals surface area contributed by atoms with E-state index < -0.39 is 6.10 Å². The van der Waals surface area contributed by atoms with Crippen LogP contribution in [0.15, 0.2) is 0 Å². The molecule has 1 atom stereocenters. The van der Waals surface area contributed by atoms with E-state index in [0.717, 1.165) is 69.6 Å². The molecule has 0 aromatic carbocycles. The third-order valence-electron chi connectivity index (χ3n) is 10.7. The average Bonchev–Trinajstić information content (AvgIpc) is 3.14. The lowest BCUT2D eigenvalue weighted by molar-refractivity contribution is -0.167. The highest BCUT2D eigenvalue weighted by Gasteiger charge is 2.19. The fourth-order valence-corrected chi connectivity index (χ4v) is 7.11. The Morgan fingerprint density at radius 3 is 0.907 bits per heavy atom. The molecule has 6 nitrogen and oxygen atoms in total. The molecule has 54 heavy (non-hydrogen) atoms. The largest absolute Gasteiger partial charge is 0.462 e. The molecule has 0 aromatic rings. The molecule has 0 amide bonds. The van der Waals surface area contributed by atoms with E-state index in [9.17, 15) is 14.4 Å². The van der Waals surface area contributed by atoms with E-state index in [-0.39, 0.29) is 31.1 Å². The van der Waals surface area contributed by atoms with Gasteiger partial charge in [-0.15, -0.1) is 0 Å². The van der Waals surface area contributed by atoms with Crippen LogP contribution in [0.25, 0.3) is 0 Å². The standard InChI is InChI=1S/C48H92O6/c1-6-7-8-9-10-16-23-28-33-38-46(49)52-41-45(54-48(51)40-35-30-25-20-19-22-27-32-37-44(4)5)42-53-47(50)39-34-29-24-18-15-13-11-12-14-17-21-26-31-36-43(2)3/h43-45H,6-42H2,1-5H3/t45-/m0/s1. The van der Waals surface area contributed by atoms with Crippen molar-refractivity contribution >= 4 is 17.9 Å². The highest BCUT2D eigenvalue weighted by atomic mass is 16.6. The van der Waals surface area contributed by atoms with E-state index in [0.29, 0.717) is 19.3 Å². The van der Waals surface area contributed by atoms with Crippen LogP contribution >= 0.6 is 0 Å². The molecule has 0 rings (SSSR count). The number of carbonyl (C=O) groups excluding carboxylic acids is 3. The van der Waals surface area contributed by atoms with E-state index in [1.807, 2.05) is 0 Å². The number of carbonyl (C=O) groups is 3. The molecular formula is C48H92O6. The molecule has 0 heterocycles. The van der Waals surface area contributed by atoms with Crippen molar-refractivity contribution in [1.82, 2.24) is 0 Å². The number of esters is 3. The summed E-state index contributed by atoms with van der Waals surface area (Å²) in [5, 5.41) is 0. The third-order valence-corrected chi connectivity index (χ3v) is 10.7. The molecule has 0 spiro atoms. The molecule has 0 radical (unpaired) electrons. The van der Waals surface area contributed by atoms with E-state index in [1.165, 1.54) is 148 Å². The van der Waals surface area contributed by atoms with Crippen LogP contribution in [0.2, 0.25) is 0 Å². The molecule has 0 fully saturated rings. The maximum atomic E-state index is 12.7. The number of hydrogen-bond donors (Lipinski definition) is 0. The van der Waals surface area contributed by atoms with Crippen LogP contribution in [0.5, 0.6) is 0 Å². The van der Waals surface area contributed by atoms with Gasteiger partial charge in [0.2, 0.25) is 0 Å². The zero-order valence-corrected chi connectivity index (χ0v) is 36.8. The summed E-state index contributed by atoms with van der Waals surface area (Å²) in [4.78, 5) is 37.7. The highest BCUT2D eigenvalue weighted by molar-refractivity contribution is 5.71. The average molecular weight is 765 g/mol. The Kier molecular flexibility index (Phi) is 39.8. The Hall–Kier alpha value is -1.59. The summed E-state index contributed by atoms with van der Waals surface area (Å²) in [7, 11) is 0. The summed E-state index contributed by atoms with van der Waals surface area (Å²) >= 11 is 0. The van der Waals surface area contributed by atoms with Crippen molar-refractivity contribution in [3.05, 3.63) is 0 Å². The summed E-state index contributed by atoms with van der Waals surface area (Å²) in [6.07, 6.45) is 39.5. The molecule has 0 bridgehead atoms. The molecule has 0 saturated carbocycles. The number of ether oxygens (including phenoxy) is 3. The Morgan fingerprint density at radius 2 is 0.611 bits per heavy atom. The van der Waals surface area contributed by atoms with Crippen molar-refractivity contribution in [3.63, 3.8) is 0 Å². The van der Waals surface area contributed by atoms with Crippen molar-refractivity contribution < 1.29 is 28.6 Å². The zero-order valence-electron chi connectivity index (χ0n) is 36.8. The normalized spacial score (nSPS) is 12.1. The van der Waals surface area contributed by atoms with Gasteiger partial charge in [0.05, 0.1) is 0 Å². The topological polar surface area (TPSA) is 78.9 Å². The van der Waals surface area contributed by atoms with E-state index >= 15 is 0 Å². The van der Waals surface area contributed by atoms with Gasteiger partial charge < -0.3 is 14.2 Å². The van der Waals surface area contributed by atoms with Crippen molar-refractivity contribution in [2.45, 2.75) is 265 Å². The fourth-order valence-electron chi connectivity index (χ4n) is 7.11. The summed E-state index contributed by atoms with van der Waals surface area (Å²) in [6, 6.07) is 0.